The summed E-state index contributed by atoms with van der Waals surface area (Å²) in [6, 6.07) is 0. The molecule has 0 amide bonds. The lowest BCUT2D eigenvalue weighted by Gasteiger charge is -2.21. The van der Waals surface area contributed by atoms with Gasteiger partial charge in [0, 0.05) is 5.92 Å². The van der Waals surface area contributed by atoms with Gasteiger partial charge in [-0.15, -0.1) is 0 Å². The molecule has 2 aliphatic rings. The summed E-state index contributed by atoms with van der Waals surface area (Å²) in [5.41, 5.74) is 0. The van der Waals surface area contributed by atoms with E-state index >= 15 is 0 Å². The molecule has 0 unspecified atom stereocenters. The fourth-order valence-electron chi connectivity index (χ4n) is 2.91. The number of carbonyl (C=O) groups is 1. The Balaban J connectivity index is 1.97. The van der Waals surface area contributed by atoms with E-state index in [-0.39, 0.29) is 23.9 Å². The molecule has 2 rings (SSSR count). The first-order chi connectivity index (χ1) is 8.67. The van der Waals surface area contributed by atoms with Gasteiger partial charge < -0.3 is 9.47 Å². The first kappa shape index (κ1) is 13.9. The second-order valence-electron chi connectivity index (χ2n) is 4.60. The molecule has 18 heavy (non-hydrogen) atoms. The standard InChI is InChI=1S/C13H18O3S2/c1-3-15-12(14)10-5-4-9-8(10)6-7-11(9)16-13(17)18-2/h6-11H,3-5H2,1-2H3/t8-,9-,10-,11+/m0/s1. The predicted molar refractivity (Wildman–Crippen MR) is 76.5 cm³/mol. The van der Waals surface area contributed by atoms with Gasteiger partial charge >= 0.3 is 5.97 Å². The quantitative estimate of drug-likeness (QED) is 0.453. The number of fused-ring (bicyclic) bond motifs is 1. The number of thioether (sulfide) groups is 1. The highest BCUT2D eigenvalue weighted by Gasteiger charge is 2.46. The van der Waals surface area contributed by atoms with Gasteiger partial charge in [0.1, 0.15) is 6.10 Å². The van der Waals surface area contributed by atoms with Crippen LogP contribution in [0.2, 0.25) is 0 Å². The van der Waals surface area contributed by atoms with Gasteiger partial charge in [-0.3, -0.25) is 4.79 Å². The van der Waals surface area contributed by atoms with Crippen LogP contribution in [0.3, 0.4) is 0 Å². The van der Waals surface area contributed by atoms with E-state index in [1.165, 1.54) is 11.8 Å². The summed E-state index contributed by atoms with van der Waals surface area (Å²) in [6.07, 6.45) is 7.99. The van der Waals surface area contributed by atoms with Crippen molar-refractivity contribution in [2.75, 3.05) is 12.9 Å². The highest BCUT2D eigenvalue weighted by atomic mass is 32.2. The number of carbonyl (C=O) groups excluding carboxylic acids is 1. The van der Waals surface area contributed by atoms with E-state index in [0.29, 0.717) is 16.9 Å². The monoisotopic (exact) mass is 286 g/mol. The van der Waals surface area contributed by atoms with Crippen LogP contribution in [0.1, 0.15) is 19.8 Å². The number of esters is 1. The number of hydrogen-bond donors (Lipinski definition) is 0. The fourth-order valence-corrected chi connectivity index (χ4v) is 3.22. The Morgan fingerprint density at radius 2 is 2.22 bits per heavy atom. The summed E-state index contributed by atoms with van der Waals surface area (Å²) < 4.78 is 11.4. The van der Waals surface area contributed by atoms with Gasteiger partial charge in [-0.05, 0) is 50.2 Å². The minimum absolute atomic E-state index is 0.00245. The zero-order chi connectivity index (χ0) is 13.1. The molecule has 0 N–H and O–H groups in total. The third-order valence-corrected chi connectivity index (χ3v) is 4.73. The fraction of sp³-hybridized carbons (Fsp3) is 0.692. The number of ether oxygens (including phenoxy) is 2. The molecule has 0 saturated heterocycles. The first-order valence-corrected chi connectivity index (χ1v) is 7.90. The lowest BCUT2D eigenvalue weighted by Crippen LogP contribution is -2.26. The molecule has 4 atom stereocenters. The Labute approximate surface area is 117 Å². The maximum absolute atomic E-state index is 11.8. The molecule has 0 bridgehead atoms. The minimum Gasteiger partial charge on any atom is -0.471 e. The maximum atomic E-state index is 11.8. The Bertz CT molecular complexity index is 367. The van der Waals surface area contributed by atoms with E-state index in [1.54, 1.807) is 0 Å². The van der Waals surface area contributed by atoms with E-state index in [4.69, 9.17) is 21.7 Å². The molecule has 1 fully saturated rings. The minimum atomic E-state index is -0.0669. The second kappa shape index (κ2) is 6.06. The van der Waals surface area contributed by atoms with Crippen molar-refractivity contribution in [3.63, 3.8) is 0 Å². The van der Waals surface area contributed by atoms with Crippen molar-refractivity contribution in [2.24, 2.45) is 17.8 Å². The van der Waals surface area contributed by atoms with Crippen LogP contribution in [-0.2, 0) is 14.3 Å². The van der Waals surface area contributed by atoms with Crippen LogP contribution in [0.4, 0.5) is 0 Å². The smallest absolute Gasteiger partial charge is 0.309 e. The van der Waals surface area contributed by atoms with Crippen LogP contribution in [0.5, 0.6) is 0 Å². The summed E-state index contributed by atoms with van der Waals surface area (Å²) in [7, 11) is 0. The molecule has 3 nitrogen and oxygen atoms in total. The number of rotatable bonds is 3. The third-order valence-electron chi connectivity index (χ3n) is 3.70. The Hall–Kier alpha value is -0.550. The second-order valence-corrected chi connectivity index (χ2v) is 6.01. The third kappa shape index (κ3) is 2.72. The average molecular weight is 286 g/mol. The summed E-state index contributed by atoms with van der Waals surface area (Å²) in [6.45, 7) is 2.30. The summed E-state index contributed by atoms with van der Waals surface area (Å²) in [5, 5.41) is 0. The zero-order valence-corrected chi connectivity index (χ0v) is 12.3. The van der Waals surface area contributed by atoms with E-state index in [1.807, 2.05) is 19.3 Å². The molecule has 5 heteroatoms. The van der Waals surface area contributed by atoms with Crippen molar-refractivity contribution in [2.45, 2.75) is 25.9 Å². The Kier molecular flexibility index (Phi) is 4.67. The molecule has 0 aromatic carbocycles. The van der Waals surface area contributed by atoms with Crippen LogP contribution >= 0.6 is 24.0 Å². The number of allylic oxidation sites excluding steroid dienone is 1. The zero-order valence-electron chi connectivity index (χ0n) is 10.6. The van der Waals surface area contributed by atoms with Crippen molar-refractivity contribution in [3.8, 4) is 0 Å². The van der Waals surface area contributed by atoms with Crippen molar-refractivity contribution in [3.05, 3.63) is 12.2 Å². The van der Waals surface area contributed by atoms with Gasteiger partial charge in [0.25, 0.3) is 0 Å². The lowest BCUT2D eigenvalue weighted by atomic mass is 9.92. The van der Waals surface area contributed by atoms with Gasteiger partial charge in [-0.1, -0.05) is 17.8 Å². The van der Waals surface area contributed by atoms with Crippen molar-refractivity contribution >= 4 is 34.3 Å². The van der Waals surface area contributed by atoms with E-state index in [9.17, 15) is 4.79 Å². The van der Waals surface area contributed by atoms with Crippen molar-refractivity contribution in [1.82, 2.24) is 0 Å². The van der Waals surface area contributed by atoms with Crippen LogP contribution in [0.15, 0.2) is 12.2 Å². The SMILES string of the molecule is CCOC(=O)[C@H]1CC[C@H]2[C@@H]1C=C[C@H]2OC(=S)SC. The summed E-state index contributed by atoms with van der Waals surface area (Å²) in [5.74, 6) is 0.577. The summed E-state index contributed by atoms with van der Waals surface area (Å²) >= 11 is 6.53. The van der Waals surface area contributed by atoms with Crippen LogP contribution < -0.4 is 0 Å². The van der Waals surface area contributed by atoms with Crippen LogP contribution in [-0.4, -0.2) is 29.3 Å². The highest BCUT2D eigenvalue weighted by molar-refractivity contribution is 8.22. The van der Waals surface area contributed by atoms with E-state index < -0.39 is 0 Å². The predicted octanol–water partition coefficient (Wildman–Crippen LogP) is 2.79. The molecule has 1 saturated carbocycles. The van der Waals surface area contributed by atoms with Gasteiger partial charge in [-0.25, -0.2) is 0 Å². The molecular formula is C13H18O3S2. The topological polar surface area (TPSA) is 35.5 Å². The molecule has 100 valence electrons. The summed E-state index contributed by atoms with van der Waals surface area (Å²) in [4.78, 5) is 11.8. The maximum Gasteiger partial charge on any atom is 0.309 e. The molecule has 2 aliphatic carbocycles. The molecular weight excluding hydrogens is 268 g/mol. The van der Waals surface area contributed by atoms with Crippen molar-refractivity contribution in [1.29, 1.82) is 0 Å². The van der Waals surface area contributed by atoms with E-state index in [0.717, 1.165) is 12.8 Å². The van der Waals surface area contributed by atoms with Gasteiger partial charge in [-0.2, -0.15) is 0 Å². The average Bonchev–Trinajstić information content (AvgIpc) is 2.92. The highest BCUT2D eigenvalue weighted by Crippen LogP contribution is 2.45. The van der Waals surface area contributed by atoms with Gasteiger partial charge in [0.2, 0.25) is 4.38 Å². The largest absolute Gasteiger partial charge is 0.471 e. The molecule has 0 spiro atoms. The van der Waals surface area contributed by atoms with Crippen LogP contribution in [0, 0.1) is 17.8 Å². The van der Waals surface area contributed by atoms with Crippen LogP contribution in [0.25, 0.3) is 0 Å². The lowest BCUT2D eigenvalue weighted by molar-refractivity contribution is -0.148. The van der Waals surface area contributed by atoms with E-state index in [2.05, 4.69) is 6.08 Å². The molecule has 0 radical (unpaired) electrons. The van der Waals surface area contributed by atoms with Gasteiger partial charge in [0.15, 0.2) is 0 Å². The first-order valence-electron chi connectivity index (χ1n) is 6.27. The normalized spacial score (nSPS) is 33.2. The number of hydrogen-bond acceptors (Lipinski definition) is 5. The van der Waals surface area contributed by atoms with Crippen molar-refractivity contribution < 1.29 is 14.3 Å². The molecule has 0 aromatic rings. The number of thiocarbonyl (C=S) groups is 1. The van der Waals surface area contributed by atoms with Gasteiger partial charge in [0.05, 0.1) is 12.5 Å². The Morgan fingerprint density at radius 3 is 2.89 bits per heavy atom. The Morgan fingerprint density at radius 1 is 1.44 bits per heavy atom. The molecule has 0 heterocycles. The molecule has 0 aromatic heterocycles. The molecule has 0 aliphatic heterocycles.